The number of halogens is 1. The third-order valence-corrected chi connectivity index (χ3v) is 4.28. The van der Waals surface area contributed by atoms with Gasteiger partial charge in [-0.05, 0) is 48.7 Å². The summed E-state index contributed by atoms with van der Waals surface area (Å²) in [5.74, 6) is -0.161. The molecule has 6 nitrogen and oxygen atoms in total. The van der Waals surface area contributed by atoms with E-state index in [1.54, 1.807) is 30.3 Å². The summed E-state index contributed by atoms with van der Waals surface area (Å²) in [6.07, 6.45) is 2.48. The van der Waals surface area contributed by atoms with Crippen molar-refractivity contribution in [3.63, 3.8) is 0 Å². The van der Waals surface area contributed by atoms with Gasteiger partial charge in [0.25, 0.3) is 5.91 Å². The lowest BCUT2D eigenvalue weighted by Gasteiger charge is -2.15. The summed E-state index contributed by atoms with van der Waals surface area (Å²) in [5, 5.41) is 3.33. The minimum Gasteiger partial charge on any atom is -0.493 e. The molecule has 0 radical (unpaired) electrons. The van der Waals surface area contributed by atoms with E-state index in [0.717, 1.165) is 11.1 Å². The van der Waals surface area contributed by atoms with Crippen LogP contribution in [0.5, 0.6) is 11.5 Å². The molecule has 0 unspecified atom stereocenters. The molecule has 0 saturated heterocycles. The third-order valence-electron chi connectivity index (χ3n) is 4.04. The molecule has 154 valence electrons. The first-order valence-electron chi connectivity index (χ1n) is 9.04. The van der Waals surface area contributed by atoms with Gasteiger partial charge in [0.2, 0.25) is 0 Å². The standard InChI is InChI=1S/C22H24ClNO5/c1-4-6-16-9-10-19(20(11-16)27-3)28-14-22(26)29-13-21(25)24-15(2)17-7-5-8-18(23)12-17/h4-5,7-12,15H,1,6,13-14H2,2-3H3,(H,24,25)/t15-/m0/s1. The number of hydrogen-bond donors (Lipinski definition) is 1. The Hall–Kier alpha value is -2.99. The first kappa shape index (κ1) is 22.3. The Morgan fingerprint density at radius 2 is 1.97 bits per heavy atom. The van der Waals surface area contributed by atoms with Gasteiger partial charge in [0.1, 0.15) is 0 Å². The molecule has 0 spiro atoms. The fraction of sp³-hybridized carbons (Fsp3) is 0.273. The van der Waals surface area contributed by atoms with E-state index in [1.165, 1.54) is 7.11 Å². The van der Waals surface area contributed by atoms with Crippen molar-refractivity contribution < 1.29 is 23.8 Å². The number of benzene rings is 2. The van der Waals surface area contributed by atoms with Gasteiger partial charge in [-0.25, -0.2) is 4.79 Å². The molecule has 0 aliphatic carbocycles. The number of carbonyl (C=O) groups is 2. The first-order chi connectivity index (χ1) is 13.9. The van der Waals surface area contributed by atoms with Crippen molar-refractivity contribution in [3.05, 3.63) is 71.3 Å². The maximum absolute atomic E-state index is 12.0. The van der Waals surface area contributed by atoms with Crippen LogP contribution in [0.2, 0.25) is 5.02 Å². The molecule has 2 aromatic rings. The van der Waals surface area contributed by atoms with E-state index in [2.05, 4.69) is 11.9 Å². The molecule has 0 aliphatic heterocycles. The minimum absolute atomic E-state index is 0.269. The van der Waals surface area contributed by atoms with Gasteiger partial charge in [-0.1, -0.05) is 35.9 Å². The van der Waals surface area contributed by atoms with E-state index < -0.39 is 18.5 Å². The molecule has 0 bridgehead atoms. The van der Waals surface area contributed by atoms with Crippen molar-refractivity contribution in [2.24, 2.45) is 0 Å². The first-order valence-corrected chi connectivity index (χ1v) is 9.41. The van der Waals surface area contributed by atoms with Crippen LogP contribution >= 0.6 is 11.6 Å². The van der Waals surface area contributed by atoms with Gasteiger partial charge in [-0.3, -0.25) is 4.79 Å². The normalized spacial score (nSPS) is 11.3. The highest BCUT2D eigenvalue weighted by Crippen LogP contribution is 2.28. The van der Waals surface area contributed by atoms with Gasteiger partial charge in [0.15, 0.2) is 24.7 Å². The highest BCUT2D eigenvalue weighted by Gasteiger charge is 2.14. The Morgan fingerprint density at radius 1 is 1.17 bits per heavy atom. The lowest BCUT2D eigenvalue weighted by molar-refractivity contribution is -0.150. The van der Waals surface area contributed by atoms with Crippen LogP contribution in [0.1, 0.15) is 24.1 Å². The molecule has 0 aromatic heterocycles. The molecule has 0 aliphatic rings. The van der Waals surface area contributed by atoms with Crippen LogP contribution in [0, 0.1) is 0 Å². The molecular weight excluding hydrogens is 394 g/mol. The summed E-state index contributed by atoms with van der Waals surface area (Å²) < 4.78 is 15.7. The number of rotatable bonds is 10. The van der Waals surface area contributed by atoms with Crippen LogP contribution < -0.4 is 14.8 Å². The summed E-state index contributed by atoms with van der Waals surface area (Å²) >= 11 is 5.95. The Kier molecular flexibility index (Phi) is 8.55. The zero-order chi connectivity index (χ0) is 21.2. The molecule has 1 amide bonds. The lowest BCUT2D eigenvalue weighted by Crippen LogP contribution is -2.32. The van der Waals surface area contributed by atoms with Crippen LogP contribution in [-0.2, 0) is 20.7 Å². The van der Waals surface area contributed by atoms with E-state index in [4.69, 9.17) is 25.8 Å². The monoisotopic (exact) mass is 417 g/mol. The van der Waals surface area contributed by atoms with Crippen molar-refractivity contribution in [1.82, 2.24) is 5.32 Å². The van der Waals surface area contributed by atoms with Crippen molar-refractivity contribution in [2.75, 3.05) is 20.3 Å². The zero-order valence-corrected chi connectivity index (χ0v) is 17.2. The summed E-state index contributed by atoms with van der Waals surface area (Å²) in [6, 6.07) is 12.3. The predicted octanol–water partition coefficient (Wildman–Crippen LogP) is 3.88. The number of ether oxygens (including phenoxy) is 3. The molecule has 0 heterocycles. The number of nitrogens with one attached hydrogen (secondary N) is 1. The van der Waals surface area contributed by atoms with Crippen molar-refractivity contribution in [1.29, 1.82) is 0 Å². The Morgan fingerprint density at radius 3 is 2.66 bits per heavy atom. The summed E-state index contributed by atoms with van der Waals surface area (Å²) in [6.45, 7) is 4.77. The van der Waals surface area contributed by atoms with Gasteiger partial charge in [-0.15, -0.1) is 6.58 Å². The van der Waals surface area contributed by atoms with Crippen LogP contribution in [0.25, 0.3) is 0 Å². The van der Waals surface area contributed by atoms with Crippen LogP contribution in [0.15, 0.2) is 55.1 Å². The highest BCUT2D eigenvalue weighted by molar-refractivity contribution is 6.30. The molecule has 0 fully saturated rings. The van der Waals surface area contributed by atoms with Crippen molar-refractivity contribution in [3.8, 4) is 11.5 Å². The molecule has 2 rings (SSSR count). The highest BCUT2D eigenvalue weighted by atomic mass is 35.5. The quantitative estimate of drug-likeness (QED) is 0.469. The van der Waals surface area contributed by atoms with Gasteiger partial charge in [0, 0.05) is 5.02 Å². The molecule has 2 aromatic carbocycles. The van der Waals surface area contributed by atoms with E-state index in [0.29, 0.717) is 22.9 Å². The van der Waals surface area contributed by atoms with E-state index in [9.17, 15) is 9.59 Å². The number of allylic oxidation sites excluding steroid dienone is 1. The molecule has 7 heteroatoms. The van der Waals surface area contributed by atoms with Gasteiger partial charge < -0.3 is 19.5 Å². The second-order valence-corrected chi connectivity index (χ2v) is 6.71. The molecular formula is C22H24ClNO5. The average Bonchev–Trinajstić information content (AvgIpc) is 2.71. The largest absolute Gasteiger partial charge is 0.493 e. The van der Waals surface area contributed by atoms with Crippen molar-refractivity contribution in [2.45, 2.75) is 19.4 Å². The smallest absolute Gasteiger partial charge is 0.344 e. The molecule has 0 saturated carbocycles. The third kappa shape index (κ3) is 7.16. The summed E-state index contributed by atoms with van der Waals surface area (Å²) in [7, 11) is 1.52. The number of amides is 1. The maximum atomic E-state index is 12.0. The fourth-order valence-corrected chi connectivity index (χ4v) is 2.79. The van der Waals surface area contributed by atoms with Gasteiger partial charge in [0.05, 0.1) is 13.2 Å². The summed E-state index contributed by atoms with van der Waals surface area (Å²) in [5.41, 5.74) is 1.87. The minimum atomic E-state index is -0.659. The molecule has 29 heavy (non-hydrogen) atoms. The zero-order valence-electron chi connectivity index (χ0n) is 16.4. The molecule has 1 N–H and O–H groups in total. The molecule has 1 atom stereocenters. The topological polar surface area (TPSA) is 73.9 Å². The van der Waals surface area contributed by atoms with Crippen LogP contribution in [-0.4, -0.2) is 32.2 Å². The van der Waals surface area contributed by atoms with Crippen LogP contribution in [0.4, 0.5) is 0 Å². The predicted molar refractivity (Wildman–Crippen MR) is 111 cm³/mol. The number of carbonyl (C=O) groups excluding carboxylic acids is 2. The second kappa shape index (κ2) is 11.1. The SMILES string of the molecule is C=CCc1ccc(OCC(=O)OCC(=O)N[C@@H](C)c2cccc(Cl)c2)c(OC)c1. The van der Waals surface area contributed by atoms with Crippen LogP contribution in [0.3, 0.4) is 0 Å². The Balaban J connectivity index is 1.79. The Bertz CT molecular complexity index is 868. The second-order valence-electron chi connectivity index (χ2n) is 6.27. The van der Waals surface area contributed by atoms with Gasteiger partial charge in [-0.2, -0.15) is 0 Å². The van der Waals surface area contributed by atoms with E-state index in [-0.39, 0.29) is 12.6 Å². The number of hydrogen-bond acceptors (Lipinski definition) is 5. The summed E-state index contributed by atoms with van der Waals surface area (Å²) in [4.78, 5) is 23.9. The van der Waals surface area contributed by atoms with E-state index in [1.807, 2.05) is 25.1 Å². The Labute approximate surface area is 175 Å². The average molecular weight is 418 g/mol. The van der Waals surface area contributed by atoms with Gasteiger partial charge >= 0.3 is 5.97 Å². The van der Waals surface area contributed by atoms with Crippen molar-refractivity contribution >= 4 is 23.5 Å². The fourth-order valence-electron chi connectivity index (χ4n) is 2.59. The number of methoxy groups -OCH3 is 1. The van der Waals surface area contributed by atoms with E-state index >= 15 is 0 Å². The number of esters is 1. The maximum Gasteiger partial charge on any atom is 0.344 e. The lowest BCUT2D eigenvalue weighted by atomic mass is 10.1.